The van der Waals surface area contributed by atoms with Crippen LogP contribution in [0.25, 0.3) is 0 Å². The molecule has 0 spiro atoms. The maximum absolute atomic E-state index is 10.1. The Labute approximate surface area is 65.8 Å². The van der Waals surface area contributed by atoms with Crippen molar-refractivity contribution in [3.63, 3.8) is 0 Å². The summed E-state index contributed by atoms with van der Waals surface area (Å²) < 4.78 is 5.11. The number of aldehydes is 1. The first-order chi connectivity index (χ1) is 5.33. The van der Waals surface area contributed by atoms with Gasteiger partial charge in [0.05, 0.1) is 0 Å². The SMILES string of the molecule is C[C](C=O)Oc1ccccc1. The molecule has 11 heavy (non-hydrogen) atoms. The van der Waals surface area contributed by atoms with Crippen molar-refractivity contribution < 1.29 is 9.53 Å². The second-order valence-electron chi connectivity index (χ2n) is 2.14. The van der Waals surface area contributed by atoms with Crippen LogP contribution in [0.5, 0.6) is 5.75 Å². The summed E-state index contributed by atoms with van der Waals surface area (Å²) in [6.07, 6.45) is 1.06. The van der Waals surface area contributed by atoms with Crippen LogP contribution in [0.4, 0.5) is 0 Å². The van der Waals surface area contributed by atoms with Gasteiger partial charge in [-0.3, -0.25) is 4.79 Å². The Morgan fingerprint density at radius 3 is 2.55 bits per heavy atom. The number of benzene rings is 1. The molecule has 1 aromatic rings. The predicted molar refractivity (Wildman–Crippen MR) is 42.1 cm³/mol. The number of ether oxygens (including phenoxy) is 1. The minimum absolute atomic E-state index is 0.371. The second-order valence-corrected chi connectivity index (χ2v) is 2.14. The van der Waals surface area contributed by atoms with Crippen molar-refractivity contribution in [3.8, 4) is 5.75 Å². The first-order valence-electron chi connectivity index (χ1n) is 3.34. The molecule has 57 valence electrons. The average molecular weight is 149 g/mol. The summed E-state index contributed by atoms with van der Waals surface area (Å²) >= 11 is 0. The van der Waals surface area contributed by atoms with Gasteiger partial charge >= 0.3 is 0 Å². The first kappa shape index (κ1) is 7.79. The molecule has 2 nitrogen and oxygen atoms in total. The highest BCUT2D eigenvalue weighted by Gasteiger charge is 2.00. The van der Waals surface area contributed by atoms with Gasteiger partial charge in [0.1, 0.15) is 5.75 Å². The van der Waals surface area contributed by atoms with Crippen molar-refractivity contribution >= 4 is 6.29 Å². The van der Waals surface area contributed by atoms with E-state index in [1.54, 1.807) is 19.1 Å². The molecule has 0 fully saturated rings. The molecule has 0 atom stereocenters. The fourth-order valence-electron chi connectivity index (χ4n) is 0.698. The summed E-state index contributed by atoms with van der Waals surface area (Å²) in [5.74, 6) is 0.692. The standard InChI is InChI=1S/C9H9O2/c1-8(7-10)11-9-5-3-2-4-6-9/h2-7H,1H3. The van der Waals surface area contributed by atoms with Crippen molar-refractivity contribution in [2.24, 2.45) is 0 Å². The largest absolute Gasteiger partial charge is 0.475 e. The molecule has 1 radical (unpaired) electrons. The molecule has 0 bridgehead atoms. The van der Waals surface area contributed by atoms with Gasteiger partial charge in [0.15, 0.2) is 6.29 Å². The van der Waals surface area contributed by atoms with Crippen LogP contribution in [0.2, 0.25) is 0 Å². The highest BCUT2D eigenvalue weighted by Crippen LogP contribution is 2.12. The van der Waals surface area contributed by atoms with Crippen LogP contribution in [0.3, 0.4) is 0 Å². The van der Waals surface area contributed by atoms with Crippen molar-refractivity contribution in [1.29, 1.82) is 0 Å². The summed E-state index contributed by atoms with van der Waals surface area (Å²) in [6, 6.07) is 9.20. The van der Waals surface area contributed by atoms with Gasteiger partial charge in [0.25, 0.3) is 0 Å². The van der Waals surface area contributed by atoms with Gasteiger partial charge in [-0.15, -0.1) is 0 Å². The third-order valence-electron chi connectivity index (χ3n) is 1.19. The molecule has 1 aromatic carbocycles. The van der Waals surface area contributed by atoms with E-state index in [-0.39, 0.29) is 0 Å². The molecule has 1 rings (SSSR count). The van der Waals surface area contributed by atoms with Crippen LogP contribution in [0.15, 0.2) is 30.3 Å². The van der Waals surface area contributed by atoms with Gasteiger partial charge in [-0.25, -0.2) is 0 Å². The Morgan fingerprint density at radius 2 is 2.00 bits per heavy atom. The van der Waals surface area contributed by atoms with E-state index < -0.39 is 0 Å². The third-order valence-corrected chi connectivity index (χ3v) is 1.19. The zero-order valence-electron chi connectivity index (χ0n) is 6.28. The molecule has 0 unspecified atom stereocenters. The molecule has 0 aromatic heterocycles. The maximum Gasteiger partial charge on any atom is 0.207 e. The number of hydrogen-bond donors (Lipinski definition) is 0. The van der Waals surface area contributed by atoms with Crippen LogP contribution in [-0.4, -0.2) is 6.29 Å². The minimum atomic E-state index is 0.371. The Balaban J connectivity index is 2.57. The van der Waals surface area contributed by atoms with Gasteiger partial charge in [0, 0.05) is 0 Å². The quantitative estimate of drug-likeness (QED) is 0.613. The summed E-state index contributed by atoms with van der Waals surface area (Å²) in [5, 5.41) is 0. The Bertz CT molecular complexity index is 218. The lowest BCUT2D eigenvalue weighted by Gasteiger charge is -2.05. The number of para-hydroxylation sites is 1. The minimum Gasteiger partial charge on any atom is -0.475 e. The number of hydrogen-bond acceptors (Lipinski definition) is 2. The third kappa shape index (κ3) is 2.42. The molecule has 0 saturated carbocycles. The second kappa shape index (κ2) is 3.76. The average Bonchev–Trinajstić information content (AvgIpc) is 2.06. The van der Waals surface area contributed by atoms with E-state index in [0.717, 1.165) is 0 Å². The molecule has 0 aliphatic heterocycles. The molecular formula is C9H9O2. The molecule has 2 heteroatoms. The molecule has 0 aliphatic rings. The van der Waals surface area contributed by atoms with Crippen LogP contribution in [-0.2, 0) is 4.79 Å². The van der Waals surface area contributed by atoms with Gasteiger partial charge in [-0.2, -0.15) is 0 Å². The normalized spacial score (nSPS) is 9.64. The van der Waals surface area contributed by atoms with Gasteiger partial charge in [-0.05, 0) is 19.1 Å². The van der Waals surface area contributed by atoms with E-state index in [1.807, 2.05) is 18.2 Å². The fraction of sp³-hybridized carbons (Fsp3) is 0.111. The van der Waals surface area contributed by atoms with E-state index in [9.17, 15) is 4.79 Å². The highest BCUT2D eigenvalue weighted by atomic mass is 16.5. The Hall–Kier alpha value is -1.31. The zero-order chi connectivity index (χ0) is 8.10. The predicted octanol–water partition coefficient (Wildman–Crippen LogP) is 1.82. The monoisotopic (exact) mass is 149 g/mol. The highest BCUT2D eigenvalue weighted by molar-refractivity contribution is 5.65. The zero-order valence-corrected chi connectivity index (χ0v) is 6.28. The van der Waals surface area contributed by atoms with Gasteiger partial charge < -0.3 is 4.74 Å². The van der Waals surface area contributed by atoms with E-state index >= 15 is 0 Å². The molecule has 0 amide bonds. The van der Waals surface area contributed by atoms with Crippen molar-refractivity contribution in [1.82, 2.24) is 0 Å². The van der Waals surface area contributed by atoms with Crippen molar-refractivity contribution in [2.75, 3.05) is 0 Å². The maximum atomic E-state index is 10.1. The smallest absolute Gasteiger partial charge is 0.207 e. The lowest BCUT2D eigenvalue weighted by Crippen LogP contribution is -2.02. The van der Waals surface area contributed by atoms with E-state index in [0.29, 0.717) is 18.1 Å². The lowest BCUT2D eigenvalue weighted by molar-refractivity contribution is -0.108. The number of rotatable bonds is 3. The number of carbonyl (C=O) groups excluding carboxylic acids is 1. The molecule has 0 saturated heterocycles. The van der Waals surface area contributed by atoms with Gasteiger partial charge in [-0.1, -0.05) is 18.2 Å². The van der Waals surface area contributed by atoms with E-state index in [2.05, 4.69) is 0 Å². The van der Waals surface area contributed by atoms with Crippen LogP contribution < -0.4 is 4.74 Å². The topological polar surface area (TPSA) is 26.3 Å². The molecule has 0 heterocycles. The van der Waals surface area contributed by atoms with Gasteiger partial charge in [0.2, 0.25) is 6.10 Å². The first-order valence-corrected chi connectivity index (χ1v) is 3.34. The Kier molecular flexibility index (Phi) is 2.66. The van der Waals surface area contributed by atoms with E-state index in [4.69, 9.17) is 4.74 Å². The Morgan fingerprint density at radius 1 is 1.36 bits per heavy atom. The lowest BCUT2D eigenvalue weighted by atomic mass is 10.3. The van der Waals surface area contributed by atoms with Crippen molar-refractivity contribution in [2.45, 2.75) is 6.92 Å². The fourth-order valence-corrected chi connectivity index (χ4v) is 0.698. The van der Waals surface area contributed by atoms with E-state index in [1.165, 1.54) is 0 Å². The number of carbonyl (C=O) groups is 1. The molecular weight excluding hydrogens is 140 g/mol. The molecule has 0 N–H and O–H groups in total. The summed E-state index contributed by atoms with van der Waals surface area (Å²) in [7, 11) is 0. The summed E-state index contributed by atoms with van der Waals surface area (Å²) in [5.41, 5.74) is 0. The van der Waals surface area contributed by atoms with Crippen LogP contribution in [0, 0.1) is 6.10 Å². The van der Waals surface area contributed by atoms with Crippen LogP contribution in [0.1, 0.15) is 6.92 Å². The van der Waals surface area contributed by atoms with Crippen LogP contribution >= 0.6 is 0 Å². The van der Waals surface area contributed by atoms with Crippen molar-refractivity contribution in [3.05, 3.63) is 36.4 Å². The summed E-state index contributed by atoms with van der Waals surface area (Å²) in [4.78, 5) is 10.1. The summed E-state index contributed by atoms with van der Waals surface area (Å²) in [6.45, 7) is 1.62. The molecule has 0 aliphatic carbocycles.